The minimum atomic E-state index is -1.14. The Balaban J connectivity index is 0.000000210. The fourth-order valence-electron chi connectivity index (χ4n) is 15.0. The van der Waals surface area contributed by atoms with E-state index < -0.39 is 40.7 Å². The molecule has 4 aliphatic heterocycles. The number of halogens is 6. The number of nitrogens with one attached hydrogen (secondary N) is 5. The van der Waals surface area contributed by atoms with Crippen LogP contribution in [0.3, 0.4) is 0 Å². The molecule has 30 nitrogen and oxygen atoms in total. The average Bonchev–Trinajstić information content (AvgIpc) is 1.67. The Kier molecular flexibility index (Phi) is 26.9. The van der Waals surface area contributed by atoms with Crippen LogP contribution < -0.4 is 26.6 Å². The number of nitrogens with zero attached hydrogens (tertiary/aromatic N) is 15. The number of hydrogen-bond donors (Lipinski definition) is 5. The molecule has 0 radical (unpaired) electrons. The Hall–Kier alpha value is -12.7. The Labute approximate surface area is 703 Å². The number of ether oxygens (including phenoxy) is 1. The maximum atomic E-state index is 15.8. The third-order valence-electron chi connectivity index (χ3n) is 21.8. The number of carbonyl (C=O) groups excluding carboxylic acids is 9. The lowest BCUT2D eigenvalue weighted by Crippen LogP contribution is -2.53. The van der Waals surface area contributed by atoms with Crippen molar-refractivity contribution in [2.45, 2.75) is 79.0 Å². The number of carbonyl (C=O) groups is 9. The number of rotatable bonds is 20. The molecule has 0 saturated carbocycles. The second-order valence-corrected chi connectivity index (χ2v) is 31.4. The summed E-state index contributed by atoms with van der Waals surface area (Å²) in [5, 5.41) is 23.1. The number of piperidine rings is 2. The highest BCUT2D eigenvalue weighted by atomic mass is 35.5. The van der Waals surface area contributed by atoms with Gasteiger partial charge in [-0.15, -0.1) is 0 Å². The van der Waals surface area contributed by atoms with Crippen molar-refractivity contribution in [3.8, 4) is 44.8 Å². The number of piperazine rings is 2. The number of benzene rings is 4. The number of hydrogen-bond acceptors (Lipinski definition) is 17. The number of likely N-dealkylation sites (tertiary alicyclic amines) is 1. The Morgan fingerprint density at radius 1 is 0.463 bits per heavy atom. The fraction of sp³-hybridized carbons (Fsp3) is 0.353. The number of amides is 9. The summed E-state index contributed by atoms with van der Waals surface area (Å²) in [7, 11) is 3.01. The van der Waals surface area contributed by atoms with Gasteiger partial charge in [0.1, 0.15) is 17.0 Å². The first-order chi connectivity index (χ1) is 58.0. The van der Waals surface area contributed by atoms with E-state index in [4.69, 9.17) is 27.9 Å². The standard InChI is InChI=1S/C45H49ClF2N10O6.C40H41ClF2N10O4/c1-27-33(25-52-58(27)19-16-50-40(59)35-8-6-7-15-49-35)30-11-12-32(38(48)37(30)47)36-26-51-39(54(36)5)41(60)53-29-9-10-31(34(46)24-29)43(62)56-22-20-55(21-23-56)42(61)28-13-17-57(18-14-28)44(63)64-45(2,3)4;1-24-30(22-48-53(24)16-15-46-37(54)32-5-3-4-12-45-32)27-8-9-29(35(43)34(27)42)33-23-47-36(50(33)2)38(55)49-26-6-7-28(31(41)21-26)40(57)52-19-17-51(18-20-52)39(56)25-10-13-44-14-11-25/h6-12,15,24-26,28H,13-14,16-23H2,1-5H3,(H,50,59)(H,53,60);3-9,12,21-23,25,44H,10-11,13-20H2,1-2H3,(H,46,54)(H,49,55). The van der Waals surface area contributed by atoms with Gasteiger partial charge in [0, 0.05) is 173 Å². The van der Waals surface area contributed by atoms with Crippen LogP contribution in [-0.2, 0) is 41.5 Å². The molecule has 4 aliphatic rings. The molecule has 0 aliphatic carbocycles. The Morgan fingerprint density at radius 2 is 0.851 bits per heavy atom. The van der Waals surface area contributed by atoms with E-state index in [9.17, 15) is 43.2 Å². The molecule has 36 heteroatoms. The molecule has 10 aromatic rings. The van der Waals surface area contributed by atoms with Crippen LogP contribution in [0.2, 0.25) is 10.0 Å². The third-order valence-corrected chi connectivity index (χ3v) is 22.4. The summed E-state index contributed by atoms with van der Waals surface area (Å²) in [5.74, 6) is -7.23. The first kappa shape index (κ1) is 86.2. The SMILES string of the molecule is Cc1c(-c2ccc(-c3cnc(C(=O)Nc4ccc(C(=O)N5CCN(C(=O)C6CCN(C(=O)OC(C)(C)C)CC6)CC5)c(Cl)c4)n3C)c(F)c2F)cnn1CCNC(=O)c1ccccn1.Cc1c(-c2ccc(-c3cnc(C(=O)Nc4ccc(C(=O)N5CCN(C(=O)C6CCNCC6)CC5)c(Cl)c4)n3C)c(F)c2F)cnn1CCNC(=O)c1ccccn1. The molecule has 5 N–H and O–H groups in total. The van der Waals surface area contributed by atoms with Crippen molar-refractivity contribution in [2.24, 2.45) is 25.9 Å². The summed E-state index contributed by atoms with van der Waals surface area (Å²) >= 11 is 13.1. The quantitative estimate of drug-likeness (QED) is 0.0443. The van der Waals surface area contributed by atoms with Crippen LogP contribution in [0, 0.1) is 49.0 Å². The zero-order valence-electron chi connectivity index (χ0n) is 67.6. The average molecular weight is 1700 g/mol. The van der Waals surface area contributed by atoms with Gasteiger partial charge in [0.05, 0.1) is 70.4 Å². The van der Waals surface area contributed by atoms with Crippen molar-refractivity contribution in [3.63, 3.8) is 0 Å². The van der Waals surface area contributed by atoms with Gasteiger partial charge < -0.3 is 65.0 Å². The van der Waals surface area contributed by atoms with E-state index in [1.165, 1.54) is 115 Å². The summed E-state index contributed by atoms with van der Waals surface area (Å²) < 4.78 is 74.2. The zero-order chi connectivity index (χ0) is 86.1. The highest BCUT2D eigenvalue weighted by molar-refractivity contribution is 6.34. The topological polar surface area (TPSA) is 336 Å². The monoisotopic (exact) mass is 1700 g/mol. The van der Waals surface area contributed by atoms with Crippen LogP contribution in [0.15, 0.2) is 134 Å². The lowest BCUT2D eigenvalue weighted by atomic mass is 9.95. The summed E-state index contributed by atoms with van der Waals surface area (Å²) in [4.78, 5) is 142. The highest BCUT2D eigenvalue weighted by Gasteiger charge is 2.37. The van der Waals surface area contributed by atoms with Gasteiger partial charge >= 0.3 is 6.09 Å². The van der Waals surface area contributed by atoms with E-state index in [-0.39, 0.29) is 157 Å². The van der Waals surface area contributed by atoms with E-state index in [1.54, 1.807) is 85.3 Å². The molecular weight excluding hydrogens is 1610 g/mol. The minimum absolute atomic E-state index is 0.00134. The van der Waals surface area contributed by atoms with E-state index in [0.29, 0.717) is 113 Å². The maximum Gasteiger partial charge on any atom is 0.410 e. The largest absolute Gasteiger partial charge is 0.444 e. The van der Waals surface area contributed by atoms with Crippen LogP contribution in [-0.4, -0.2) is 224 Å². The van der Waals surface area contributed by atoms with E-state index >= 15 is 17.6 Å². The Bertz CT molecular complexity index is 5570. The van der Waals surface area contributed by atoms with Crippen LogP contribution in [0.1, 0.15) is 121 Å². The molecule has 0 spiro atoms. The fourth-order valence-corrected chi connectivity index (χ4v) is 15.5. The van der Waals surface area contributed by atoms with Gasteiger partial charge in [-0.25, -0.2) is 32.3 Å². The summed E-state index contributed by atoms with van der Waals surface area (Å²) in [5.41, 5.74) is 3.00. The highest BCUT2D eigenvalue weighted by Crippen LogP contribution is 2.37. The second-order valence-electron chi connectivity index (χ2n) is 30.6. The molecular formula is C85H90Cl2F4N20O10. The molecule has 4 saturated heterocycles. The van der Waals surface area contributed by atoms with Gasteiger partial charge in [0.15, 0.2) is 34.9 Å². The molecule has 632 valence electrons. The molecule has 14 rings (SSSR count). The Morgan fingerprint density at radius 3 is 1.24 bits per heavy atom. The summed E-state index contributed by atoms with van der Waals surface area (Å²) in [6, 6.07) is 24.8. The van der Waals surface area contributed by atoms with E-state index in [1.807, 2.05) is 25.7 Å². The third kappa shape index (κ3) is 19.6. The van der Waals surface area contributed by atoms with Crippen molar-refractivity contribution in [3.05, 3.63) is 213 Å². The van der Waals surface area contributed by atoms with E-state index in [2.05, 4.69) is 56.7 Å². The number of imidazole rings is 2. The molecule has 10 heterocycles. The van der Waals surface area contributed by atoms with Gasteiger partial charge in [-0.05, 0) is 146 Å². The van der Waals surface area contributed by atoms with Crippen molar-refractivity contribution < 1.29 is 65.4 Å². The summed E-state index contributed by atoms with van der Waals surface area (Å²) in [6.07, 6.45) is 10.8. The molecule has 0 atom stereocenters. The van der Waals surface area contributed by atoms with Crippen molar-refractivity contribution in [1.29, 1.82) is 0 Å². The van der Waals surface area contributed by atoms with Crippen molar-refractivity contribution in [2.75, 3.05) is 102 Å². The van der Waals surface area contributed by atoms with Gasteiger partial charge in [-0.2, -0.15) is 10.2 Å². The lowest BCUT2D eigenvalue weighted by Gasteiger charge is -2.38. The lowest BCUT2D eigenvalue weighted by molar-refractivity contribution is -0.139. The first-order valence-corrected chi connectivity index (χ1v) is 40.3. The van der Waals surface area contributed by atoms with Crippen LogP contribution in [0.4, 0.5) is 33.7 Å². The summed E-state index contributed by atoms with van der Waals surface area (Å²) in [6.45, 7) is 15.5. The van der Waals surface area contributed by atoms with Gasteiger partial charge in [-0.3, -0.25) is 57.7 Å². The van der Waals surface area contributed by atoms with Gasteiger partial charge in [0.2, 0.25) is 11.8 Å². The van der Waals surface area contributed by atoms with Gasteiger partial charge in [-0.1, -0.05) is 47.5 Å². The molecule has 4 aromatic carbocycles. The molecule has 9 amide bonds. The number of anilines is 2. The van der Waals surface area contributed by atoms with Crippen molar-refractivity contribution in [1.82, 2.24) is 89.1 Å². The van der Waals surface area contributed by atoms with Crippen molar-refractivity contribution >= 4 is 87.9 Å². The molecule has 4 fully saturated rings. The molecule has 0 unspecified atom stereocenters. The van der Waals surface area contributed by atoms with Gasteiger partial charge in [0.25, 0.3) is 35.4 Å². The second kappa shape index (κ2) is 37.7. The predicted octanol–water partition coefficient (Wildman–Crippen LogP) is 10.8. The van der Waals surface area contributed by atoms with Crippen LogP contribution >= 0.6 is 23.2 Å². The normalized spacial score (nSPS) is 14.7. The van der Waals surface area contributed by atoms with E-state index in [0.717, 1.165) is 25.9 Å². The molecule has 121 heavy (non-hydrogen) atoms. The predicted molar refractivity (Wildman–Crippen MR) is 442 cm³/mol. The number of aromatic nitrogens is 10. The molecule has 0 bridgehead atoms. The zero-order valence-corrected chi connectivity index (χ0v) is 69.1. The maximum absolute atomic E-state index is 15.8. The smallest absolute Gasteiger partial charge is 0.410 e. The van der Waals surface area contributed by atoms with Crippen LogP contribution in [0.25, 0.3) is 44.8 Å². The first-order valence-electron chi connectivity index (χ1n) is 39.5. The van der Waals surface area contributed by atoms with Crippen LogP contribution in [0.5, 0.6) is 0 Å². The number of pyridine rings is 2. The molecule has 6 aromatic heterocycles. The minimum Gasteiger partial charge on any atom is -0.444 e.